The normalized spacial score (nSPS) is 38.8. The molecule has 0 aromatic rings. The zero-order valence-electron chi connectivity index (χ0n) is 10.1. The summed E-state index contributed by atoms with van der Waals surface area (Å²) in [6.45, 7) is 0. The molecule has 3 saturated carbocycles. The fourth-order valence-electron chi connectivity index (χ4n) is 3.65. The Morgan fingerprint density at radius 2 is 1.62 bits per heavy atom. The summed E-state index contributed by atoms with van der Waals surface area (Å²) in [5, 5.41) is 0.399. The molecular weight excluding hydrogens is 220 g/mol. The Balaban J connectivity index is 1.64. The molecule has 0 bridgehead atoms. The Morgan fingerprint density at radius 3 is 2.12 bits per heavy atom. The van der Waals surface area contributed by atoms with Crippen molar-refractivity contribution in [2.75, 3.05) is 0 Å². The molecule has 3 rings (SSSR count). The van der Waals surface area contributed by atoms with Crippen LogP contribution in [-0.2, 0) is 4.74 Å². The van der Waals surface area contributed by atoms with Gasteiger partial charge in [-0.25, -0.2) is 0 Å². The maximum Gasteiger partial charge on any atom is 0.0663 e. The van der Waals surface area contributed by atoms with E-state index >= 15 is 0 Å². The third kappa shape index (κ3) is 1.80. The lowest BCUT2D eigenvalue weighted by atomic mass is 9.61. The van der Waals surface area contributed by atoms with Crippen LogP contribution in [0.15, 0.2) is 0 Å². The summed E-state index contributed by atoms with van der Waals surface area (Å²) in [6.07, 6.45) is 14.3. The van der Waals surface area contributed by atoms with Crippen molar-refractivity contribution < 1.29 is 4.74 Å². The Morgan fingerprint density at radius 1 is 0.938 bits per heavy atom. The molecule has 3 aliphatic carbocycles. The summed E-state index contributed by atoms with van der Waals surface area (Å²) in [5.74, 6) is 0. The van der Waals surface area contributed by atoms with Crippen molar-refractivity contribution in [3.8, 4) is 0 Å². The van der Waals surface area contributed by atoms with Crippen LogP contribution in [0.1, 0.15) is 64.2 Å². The largest absolute Gasteiger partial charge is 0.374 e. The van der Waals surface area contributed by atoms with Crippen LogP contribution in [0.4, 0.5) is 0 Å². The van der Waals surface area contributed by atoms with E-state index in [9.17, 15) is 0 Å². The van der Waals surface area contributed by atoms with Crippen LogP contribution in [0.25, 0.3) is 0 Å². The zero-order chi connectivity index (χ0) is 11.0. The number of rotatable bonds is 2. The SMILES string of the molecule is ClC1CC(OC2CCC2)C12CCCCCC2. The molecule has 92 valence electrons. The third-order valence-electron chi connectivity index (χ3n) is 5.13. The van der Waals surface area contributed by atoms with Gasteiger partial charge in [-0.2, -0.15) is 0 Å². The van der Waals surface area contributed by atoms with Crippen LogP contribution >= 0.6 is 11.6 Å². The minimum Gasteiger partial charge on any atom is -0.374 e. The first-order valence-electron chi connectivity index (χ1n) is 7.11. The molecule has 0 saturated heterocycles. The summed E-state index contributed by atoms with van der Waals surface area (Å²) in [5.41, 5.74) is 0.369. The van der Waals surface area contributed by atoms with E-state index in [4.69, 9.17) is 16.3 Å². The lowest BCUT2D eigenvalue weighted by Crippen LogP contribution is -2.57. The van der Waals surface area contributed by atoms with E-state index in [0.29, 0.717) is 23.0 Å². The maximum atomic E-state index is 6.52. The molecule has 0 radical (unpaired) electrons. The van der Waals surface area contributed by atoms with Gasteiger partial charge in [-0.1, -0.05) is 25.7 Å². The van der Waals surface area contributed by atoms with Crippen LogP contribution < -0.4 is 0 Å². The van der Waals surface area contributed by atoms with E-state index in [1.54, 1.807) is 0 Å². The van der Waals surface area contributed by atoms with E-state index in [1.807, 2.05) is 0 Å². The van der Waals surface area contributed by atoms with Gasteiger partial charge in [0.1, 0.15) is 0 Å². The van der Waals surface area contributed by atoms with Gasteiger partial charge in [0.25, 0.3) is 0 Å². The lowest BCUT2D eigenvalue weighted by molar-refractivity contribution is -0.162. The fourth-order valence-corrected chi connectivity index (χ4v) is 4.17. The third-order valence-corrected chi connectivity index (χ3v) is 5.74. The summed E-state index contributed by atoms with van der Waals surface area (Å²) in [6, 6.07) is 0. The lowest BCUT2D eigenvalue weighted by Gasteiger charge is -2.55. The first-order valence-corrected chi connectivity index (χ1v) is 7.54. The quantitative estimate of drug-likeness (QED) is 0.657. The topological polar surface area (TPSA) is 9.23 Å². The van der Waals surface area contributed by atoms with Gasteiger partial charge in [-0.05, 0) is 38.5 Å². The molecular formula is C14H23ClO. The first-order chi connectivity index (χ1) is 7.81. The van der Waals surface area contributed by atoms with E-state index < -0.39 is 0 Å². The van der Waals surface area contributed by atoms with Gasteiger partial charge >= 0.3 is 0 Å². The molecule has 0 N–H and O–H groups in total. The number of alkyl halides is 1. The van der Waals surface area contributed by atoms with Crippen molar-refractivity contribution in [2.45, 2.75) is 81.8 Å². The summed E-state index contributed by atoms with van der Waals surface area (Å²) in [7, 11) is 0. The predicted molar refractivity (Wildman–Crippen MR) is 66.9 cm³/mol. The number of ether oxygens (including phenoxy) is 1. The van der Waals surface area contributed by atoms with Crippen LogP contribution in [-0.4, -0.2) is 17.6 Å². The standard InChI is InChI=1S/C14H23ClO/c15-12-10-13(16-11-6-5-7-11)14(12)8-3-1-2-4-9-14/h11-13H,1-10H2. The summed E-state index contributed by atoms with van der Waals surface area (Å²) >= 11 is 6.52. The highest BCUT2D eigenvalue weighted by Gasteiger charge is 2.55. The molecule has 0 aromatic heterocycles. The minimum atomic E-state index is 0.369. The van der Waals surface area contributed by atoms with E-state index in [1.165, 1.54) is 57.8 Å². The van der Waals surface area contributed by atoms with Gasteiger partial charge in [0, 0.05) is 10.8 Å². The van der Waals surface area contributed by atoms with Gasteiger partial charge in [-0.15, -0.1) is 11.6 Å². The molecule has 2 atom stereocenters. The summed E-state index contributed by atoms with van der Waals surface area (Å²) < 4.78 is 6.26. The smallest absolute Gasteiger partial charge is 0.0663 e. The van der Waals surface area contributed by atoms with E-state index in [-0.39, 0.29) is 0 Å². The summed E-state index contributed by atoms with van der Waals surface area (Å²) in [4.78, 5) is 0. The van der Waals surface area contributed by atoms with Crippen molar-refractivity contribution in [1.82, 2.24) is 0 Å². The average Bonchev–Trinajstić information content (AvgIpc) is 2.48. The number of halogens is 1. The molecule has 3 fully saturated rings. The monoisotopic (exact) mass is 242 g/mol. The fraction of sp³-hybridized carbons (Fsp3) is 1.00. The second kappa shape index (κ2) is 4.49. The highest BCUT2D eigenvalue weighted by atomic mass is 35.5. The predicted octanol–water partition coefficient (Wildman–Crippen LogP) is 4.28. The molecule has 0 aliphatic heterocycles. The van der Waals surface area contributed by atoms with Gasteiger partial charge in [0.05, 0.1) is 12.2 Å². The van der Waals surface area contributed by atoms with Crippen LogP contribution in [0.5, 0.6) is 0 Å². The molecule has 0 amide bonds. The van der Waals surface area contributed by atoms with Crippen molar-refractivity contribution >= 4 is 11.6 Å². The van der Waals surface area contributed by atoms with Gasteiger partial charge in [0.2, 0.25) is 0 Å². The van der Waals surface area contributed by atoms with Gasteiger partial charge in [0.15, 0.2) is 0 Å². The highest BCUT2D eigenvalue weighted by molar-refractivity contribution is 6.21. The Labute approximate surface area is 104 Å². The minimum absolute atomic E-state index is 0.369. The van der Waals surface area contributed by atoms with Crippen molar-refractivity contribution in [3.63, 3.8) is 0 Å². The van der Waals surface area contributed by atoms with Crippen LogP contribution in [0, 0.1) is 5.41 Å². The van der Waals surface area contributed by atoms with Crippen molar-refractivity contribution in [1.29, 1.82) is 0 Å². The van der Waals surface area contributed by atoms with Crippen LogP contribution in [0.3, 0.4) is 0 Å². The maximum absolute atomic E-state index is 6.52. The molecule has 16 heavy (non-hydrogen) atoms. The molecule has 1 nitrogen and oxygen atoms in total. The van der Waals surface area contributed by atoms with E-state index in [0.717, 1.165) is 6.42 Å². The molecule has 0 heterocycles. The zero-order valence-corrected chi connectivity index (χ0v) is 10.8. The van der Waals surface area contributed by atoms with Crippen molar-refractivity contribution in [2.24, 2.45) is 5.41 Å². The Kier molecular flexibility index (Phi) is 3.19. The Hall–Kier alpha value is 0.250. The molecule has 3 aliphatic rings. The van der Waals surface area contributed by atoms with Crippen LogP contribution in [0.2, 0.25) is 0 Å². The molecule has 2 heteroatoms. The van der Waals surface area contributed by atoms with Crippen molar-refractivity contribution in [3.05, 3.63) is 0 Å². The average molecular weight is 243 g/mol. The molecule has 1 spiro atoms. The second-order valence-corrected chi connectivity index (χ2v) is 6.56. The highest BCUT2D eigenvalue weighted by Crippen LogP contribution is 2.55. The number of hydrogen-bond acceptors (Lipinski definition) is 1. The van der Waals surface area contributed by atoms with Gasteiger partial charge < -0.3 is 4.74 Å². The molecule has 2 unspecified atom stereocenters. The second-order valence-electron chi connectivity index (χ2n) is 6.03. The van der Waals surface area contributed by atoms with Gasteiger partial charge in [-0.3, -0.25) is 0 Å². The van der Waals surface area contributed by atoms with E-state index in [2.05, 4.69) is 0 Å². The number of hydrogen-bond donors (Lipinski definition) is 0. The Bertz CT molecular complexity index is 241. The molecule has 0 aromatic carbocycles. The first kappa shape index (κ1) is 11.3.